The highest BCUT2D eigenvalue weighted by molar-refractivity contribution is 5.94. The predicted molar refractivity (Wildman–Crippen MR) is 110 cm³/mol. The molecule has 2 amide bonds. The van der Waals surface area contributed by atoms with Gasteiger partial charge in [-0.05, 0) is 42.5 Å². The van der Waals surface area contributed by atoms with Gasteiger partial charge in [-0.3, -0.25) is 9.59 Å². The third kappa shape index (κ3) is 3.96. The number of carbonyl (C=O) groups is 2. The lowest BCUT2D eigenvalue weighted by atomic mass is 9.79. The highest BCUT2D eigenvalue weighted by Gasteiger charge is 2.35. The van der Waals surface area contributed by atoms with Crippen LogP contribution < -0.4 is 5.32 Å². The molecule has 1 aliphatic carbocycles. The van der Waals surface area contributed by atoms with Crippen LogP contribution in [0.3, 0.4) is 0 Å². The average Bonchev–Trinajstić information content (AvgIpc) is 3.37. The number of nitrogens with one attached hydrogen (secondary N) is 1. The molecule has 0 atom stereocenters. The third-order valence-electron chi connectivity index (χ3n) is 6.27. The number of amides is 2. The summed E-state index contributed by atoms with van der Waals surface area (Å²) >= 11 is 0. The first-order valence-corrected chi connectivity index (χ1v) is 10.4. The van der Waals surface area contributed by atoms with E-state index in [0.717, 1.165) is 31.4 Å². The fourth-order valence-electron chi connectivity index (χ4n) is 4.67. The zero-order valence-corrected chi connectivity index (χ0v) is 16.3. The lowest BCUT2D eigenvalue weighted by molar-refractivity contribution is -0.128. The van der Waals surface area contributed by atoms with Crippen LogP contribution in [-0.4, -0.2) is 29.8 Å². The molecule has 2 aliphatic rings. The topological polar surface area (TPSA) is 49.4 Å². The molecule has 0 bridgehead atoms. The normalized spacial score (nSPS) is 18.4. The van der Waals surface area contributed by atoms with Gasteiger partial charge in [-0.15, -0.1) is 0 Å². The van der Waals surface area contributed by atoms with E-state index in [9.17, 15) is 9.59 Å². The van der Waals surface area contributed by atoms with E-state index < -0.39 is 0 Å². The summed E-state index contributed by atoms with van der Waals surface area (Å²) in [6.07, 6.45) is 6.24. The Kier molecular flexibility index (Phi) is 5.47. The minimum absolute atomic E-state index is 0.0307. The van der Waals surface area contributed by atoms with Gasteiger partial charge in [0.25, 0.3) is 5.91 Å². The van der Waals surface area contributed by atoms with E-state index in [0.29, 0.717) is 25.1 Å². The van der Waals surface area contributed by atoms with Gasteiger partial charge in [-0.2, -0.15) is 0 Å². The molecule has 2 fully saturated rings. The summed E-state index contributed by atoms with van der Waals surface area (Å²) in [4.78, 5) is 26.6. The molecule has 146 valence electrons. The fourth-order valence-corrected chi connectivity index (χ4v) is 4.67. The van der Waals surface area contributed by atoms with Gasteiger partial charge < -0.3 is 10.2 Å². The largest absolute Gasteiger partial charge is 0.351 e. The van der Waals surface area contributed by atoms with Gasteiger partial charge in [-0.1, -0.05) is 55.3 Å². The molecule has 28 heavy (non-hydrogen) atoms. The van der Waals surface area contributed by atoms with Crippen LogP contribution in [0.1, 0.15) is 60.0 Å². The van der Waals surface area contributed by atoms with Crippen LogP contribution in [-0.2, 0) is 16.8 Å². The molecule has 2 aromatic carbocycles. The number of hydrogen-bond donors (Lipinski definition) is 1. The molecular formula is C24H28N2O2. The zero-order valence-electron chi connectivity index (χ0n) is 16.3. The highest BCUT2D eigenvalue weighted by Crippen LogP contribution is 2.40. The van der Waals surface area contributed by atoms with Gasteiger partial charge in [0, 0.05) is 37.0 Å². The molecule has 0 unspecified atom stereocenters. The van der Waals surface area contributed by atoms with E-state index in [1.54, 1.807) is 0 Å². The predicted octanol–water partition coefficient (Wildman–Crippen LogP) is 4.05. The molecule has 0 aromatic heterocycles. The molecule has 1 N–H and O–H groups in total. The molecule has 2 aromatic rings. The van der Waals surface area contributed by atoms with Crippen molar-refractivity contribution in [2.45, 2.75) is 50.5 Å². The van der Waals surface area contributed by atoms with Gasteiger partial charge in [0.05, 0.1) is 0 Å². The second kappa shape index (κ2) is 8.17. The van der Waals surface area contributed by atoms with E-state index in [4.69, 9.17) is 0 Å². The van der Waals surface area contributed by atoms with Crippen molar-refractivity contribution in [3.8, 4) is 0 Å². The SMILES string of the molecule is O=C(NCC1(c2ccccc2)CCCC1)c1cccc(CN2CCCC2=O)c1. The molecule has 0 radical (unpaired) electrons. The summed E-state index contributed by atoms with van der Waals surface area (Å²) in [5, 5.41) is 3.19. The number of likely N-dealkylation sites (tertiary alicyclic amines) is 1. The Labute approximate surface area is 166 Å². The van der Waals surface area contributed by atoms with Crippen LogP contribution in [0.25, 0.3) is 0 Å². The Bertz CT molecular complexity index is 841. The zero-order chi connectivity index (χ0) is 19.4. The fraction of sp³-hybridized carbons (Fsp3) is 0.417. The summed E-state index contributed by atoms with van der Waals surface area (Å²) in [5.74, 6) is 0.178. The Balaban J connectivity index is 1.43. The summed E-state index contributed by atoms with van der Waals surface area (Å²) in [6.45, 7) is 2.08. The first-order valence-electron chi connectivity index (χ1n) is 10.4. The maximum atomic E-state index is 12.8. The van der Waals surface area contributed by atoms with Crippen molar-refractivity contribution in [1.29, 1.82) is 0 Å². The van der Waals surface area contributed by atoms with Crippen molar-refractivity contribution in [1.82, 2.24) is 10.2 Å². The molecule has 1 saturated carbocycles. The second-order valence-electron chi connectivity index (χ2n) is 8.16. The summed E-state index contributed by atoms with van der Waals surface area (Å²) in [6, 6.07) is 18.3. The Hall–Kier alpha value is -2.62. The lowest BCUT2D eigenvalue weighted by Gasteiger charge is -2.30. The van der Waals surface area contributed by atoms with Crippen LogP contribution in [0.15, 0.2) is 54.6 Å². The molecule has 0 spiro atoms. The van der Waals surface area contributed by atoms with Crippen molar-refractivity contribution < 1.29 is 9.59 Å². The number of benzene rings is 2. The van der Waals surface area contributed by atoms with Crippen molar-refractivity contribution in [2.24, 2.45) is 0 Å². The first-order chi connectivity index (χ1) is 13.7. The lowest BCUT2D eigenvalue weighted by Crippen LogP contribution is -2.39. The maximum Gasteiger partial charge on any atom is 0.251 e. The Morgan fingerprint density at radius 2 is 1.79 bits per heavy atom. The van der Waals surface area contributed by atoms with Crippen LogP contribution in [0.5, 0.6) is 0 Å². The molecule has 4 nitrogen and oxygen atoms in total. The summed E-state index contributed by atoms with van der Waals surface area (Å²) in [5.41, 5.74) is 3.07. The summed E-state index contributed by atoms with van der Waals surface area (Å²) in [7, 11) is 0. The molecule has 4 heteroatoms. The molecule has 1 aliphatic heterocycles. The van der Waals surface area contributed by atoms with Gasteiger partial charge >= 0.3 is 0 Å². The van der Waals surface area contributed by atoms with E-state index in [-0.39, 0.29) is 17.2 Å². The van der Waals surface area contributed by atoms with Crippen molar-refractivity contribution in [3.05, 3.63) is 71.3 Å². The maximum absolute atomic E-state index is 12.8. The number of nitrogens with zero attached hydrogens (tertiary/aromatic N) is 1. The van der Waals surface area contributed by atoms with E-state index in [2.05, 4.69) is 29.6 Å². The molecule has 1 heterocycles. The van der Waals surface area contributed by atoms with E-state index >= 15 is 0 Å². The third-order valence-corrected chi connectivity index (χ3v) is 6.27. The Morgan fingerprint density at radius 1 is 1.00 bits per heavy atom. The van der Waals surface area contributed by atoms with Crippen LogP contribution in [0, 0.1) is 0 Å². The van der Waals surface area contributed by atoms with Crippen LogP contribution >= 0.6 is 0 Å². The number of rotatable bonds is 6. The molecule has 1 saturated heterocycles. The average molecular weight is 377 g/mol. The first kappa shape index (κ1) is 18.7. The monoisotopic (exact) mass is 376 g/mol. The van der Waals surface area contributed by atoms with Gasteiger partial charge in [0.2, 0.25) is 5.91 Å². The van der Waals surface area contributed by atoms with Gasteiger partial charge in [0.1, 0.15) is 0 Å². The van der Waals surface area contributed by atoms with Gasteiger partial charge in [-0.25, -0.2) is 0 Å². The standard InChI is InChI=1S/C24H28N2O2/c27-22-12-7-15-26(22)17-19-8-6-9-20(16-19)23(28)25-18-24(13-4-5-14-24)21-10-2-1-3-11-21/h1-3,6,8-11,16H,4-5,7,12-15,17-18H2,(H,25,28). The van der Waals surface area contributed by atoms with E-state index in [1.165, 1.54) is 18.4 Å². The van der Waals surface area contributed by atoms with Crippen molar-refractivity contribution in [3.63, 3.8) is 0 Å². The minimum atomic E-state index is -0.0307. The minimum Gasteiger partial charge on any atom is -0.351 e. The highest BCUT2D eigenvalue weighted by atomic mass is 16.2. The number of carbonyl (C=O) groups excluding carboxylic acids is 2. The summed E-state index contributed by atoms with van der Waals surface area (Å²) < 4.78 is 0. The van der Waals surface area contributed by atoms with E-state index in [1.807, 2.05) is 35.2 Å². The van der Waals surface area contributed by atoms with Crippen LogP contribution in [0.2, 0.25) is 0 Å². The quantitative estimate of drug-likeness (QED) is 0.827. The second-order valence-corrected chi connectivity index (χ2v) is 8.16. The Morgan fingerprint density at radius 3 is 2.50 bits per heavy atom. The van der Waals surface area contributed by atoms with Crippen molar-refractivity contribution in [2.75, 3.05) is 13.1 Å². The molecular weight excluding hydrogens is 348 g/mol. The van der Waals surface area contributed by atoms with Gasteiger partial charge in [0.15, 0.2) is 0 Å². The molecule has 4 rings (SSSR count). The number of hydrogen-bond acceptors (Lipinski definition) is 2. The van der Waals surface area contributed by atoms with Crippen LogP contribution in [0.4, 0.5) is 0 Å². The smallest absolute Gasteiger partial charge is 0.251 e. The van der Waals surface area contributed by atoms with Crippen molar-refractivity contribution >= 4 is 11.8 Å².